The van der Waals surface area contributed by atoms with E-state index in [2.05, 4.69) is 78.3 Å². The Kier molecular flexibility index (Phi) is 6.12. The van der Waals surface area contributed by atoms with Gasteiger partial charge in [-0.15, -0.1) is 0 Å². The van der Waals surface area contributed by atoms with Gasteiger partial charge in [-0.25, -0.2) is 0 Å². The maximum atomic E-state index is 13.2. The topological polar surface area (TPSA) is 52.5 Å². The third kappa shape index (κ3) is 4.30. The zero-order valence-corrected chi connectivity index (χ0v) is 21.8. The Bertz CT molecular complexity index is 1640. The summed E-state index contributed by atoms with van der Waals surface area (Å²) in [7, 11) is 0. The first kappa shape index (κ1) is 23.9. The van der Waals surface area contributed by atoms with E-state index >= 15 is 0 Å². The van der Waals surface area contributed by atoms with Crippen LogP contribution in [0.3, 0.4) is 0 Å². The zero-order valence-electron chi connectivity index (χ0n) is 21.8. The Hall–Kier alpha value is -4.51. The molecule has 1 N–H and O–H groups in total. The number of carbonyl (C=O) groups is 1. The van der Waals surface area contributed by atoms with Gasteiger partial charge < -0.3 is 19.4 Å². The summed E-state index contributed by atoms with van der Waals surface area (Å²) in [5, 5.41) is 4.22. The van der Waals surface area contributed by atoms with Crippen LogP contribution in [-0.2, 0) is 6.54 Å². The molecule has 1 aromatic heterocycles. The second-order valence-electron chi connectivity index (χ2n) is 9.87. The van der Waals surface area contributed by atoms with E-state index in [-0.39, 0.29) is 18.7 Å². The van der Waals surface area contributed by atoms with Crippen LogP contribution in [-0.4, -0.2) is 17.3 Å². The quantitative estimate of drug-likeness (QED) is 0.267. The Morgan fingerprint density at radius 2 is 1.66 bits per heavy atom. The van der Waals surface area contributed by atoms with Crippen LogP contribution in [0.2, 0.25) is 0 Å². The average Bonchev–Trinajstić information content (AvgIpc) is 3.53. The summed E-state index contributed by atoms with van der Waals surface area (Å²) in [5.74, 6) is 1.31. The van der Waals surface area contributed by atoms with Crippen molar-refractivity contribution in [2.24, 2.45) is 0 Å². The van der Waals surface area contributed by atoms with Crippen molar-refractivity contribution in [3.63, 3.8) is 0 Å². The fourth-order valence-corrected chi connectivity index (χ4v) is 5.26. The molecule has 1 amide bonds. The van der Waals surface area contributed by atoms with E-state index in [0.29, 0.717) is 17.1 Å². The van der Waals surface area contributed by atoms with Crippen LogP contribution >= 0.6 is 0 Å². The number of rotatable bonds is 6. The molecule has 4 aromatic carbocycles. The normalized spacial score (nSPS) is 13.0. The number of benzene rings is 4. The monoisotopic (exact) mass is 502 g/mol. The average molecular weight is 503 g/mol. The highest BCUT2D eigenvalue weighted by Crippen LogP contribution is 2.38. The van der Waals surface area contributed by atoms with Crippen molar-refractivity contribution in [2.75, 3.05) is 6.79 Å². The number of nitrogens with zero attached hydrogens (tertiary/aromatic N) is 1. The van der Waals surface area contributed by atoms with Crippen LogP contribution in [0.15, 0.2) is 91.0 Å². The van der Waals surface area contributed by atoms with Gasteiger partial charge in [-0.05, 0) is 67.3 Å². The first-order valence-electron chi connectivity index (χ1n) is 12.9. The van der Waals surface area contributed by atoms with Crippen molar-refractivity contribution < 1.29 is 14.3 Å². The fraction of sp³-hybridized carbons (Fsp3) is 0.182. The molecule has 0 saturated carbocycles. The van der Waals surface area contributed by atoms with Gasteiger partial charge in [0.05, 0.1) is 6.04 Å². The van der Waals surface area contributed by atoms with Crippen LogP contribution in [0.25, 0.3) is 22.0 Å². The van der Waals surface area contributed by atoms with Gasteiger partial charge in [0.1, 0.15) is 0 Å². The number of hydrogen-bond acceptors (Lipinski definition) is 3. The van der Waals surface area contributed by atoms with E-state index in [1.54, 1.807) is 0 Å². The minimum absolute atomic E-state index is 0.114. The lowest BCUT2D eigenvalue weighted by molar-refractivity contribution is 0.0939. The summed E-state index contributed by atoms with van der Waals surface area (Å²) >= 11 is 0. The van der Waals surface area contributed by atoms with Crippen LogP contribution < -0.4 is 14.8 Å². The smallest absolute Gasteiger partial charge is 0.251 e. The molecule has 5 aromatic rings. The summed E-state index contributed by atoms with van der Waals surface area (Å²) in [6.07, 6.45) is 0. The number of ether oxygens (including phenoxy) is 2. The molecule has 1 atom stereocenters. The summed E-state index contributed by atoms with van der Waals surface area (Å²) in [6, 6.07) is 30.7. The molecule has 0 aliphatic carbocycles. The lowest BCUT2D eigenvalue weighted by atomic mass is 10.0. The number of aryl methyl sites for hydroxylation is 1. The highest BCUT2D eigenvalue weighted by molar-refractivity contribution is 5.99. The van der Waals surface area contributed by atoms with Crippen molar-refractivity contribution in [3.8, 4) is 22.6 Å². The standard InChI is InChI=1S/C33H30N2O3/c1-21-23(3)35(19-24-12-14-26(15-13-24)25-8-5-4-6-9-25)30-17-16-27(18-29(21)30)33(36)34-22(2)28-10-7-11-31-32(28)38-20-37-31/h4-18,22H,19-20H2,1-3H3,(H,34,36)/t22-/m0/s1. The van der Waals surface area contributed by atoms with Gasteiger partial charge in [0.2, 0.25) is 6.79 Å². The van der Waals surface area contributed by atoms with Gasteiger partial charge in [-0.1, -0.05) is 66.7 Å². The second-order valence-corrected chi connectivity index (χ2v) is 9.87. The third-order valence-corrected chi connectivity index (χ3v) is 7.54. The molecule has 2 heterocycles. The maximum absolute atomic E-state index is 13.2. The van der Waals surface area contributed by atoms with Gasteiger partial charge in [-0.3, -0.25) is 4.79 Å². The molecule has 0 bridgehead atoms. The highest BCUT2D eigenvalue weighted by atomic mass is 16.7. The Morgan fingerprint density at radius 3 is 2.45 bits per heavy atom. The molecule has 0 saturated heterocycles. The van der Waals surface area contributed by atoms with Crippen LogP contribution in [0.1, 0.15) is 45.7 Å². The van der Waals surface area contributed by atoms with Gasteiger partial charge in [0.15, 0.2) is 11.5 Å². The minimum atomic E-state index is -0.221. The van der Waals surface area contributed by atoms with E-state index in [1.165, 1.54) is 27.9 Å². The molecule has 0 spiro atoms. The van der Waals surface area contributed by atoms with Crippen molar-refractivity contribution in [1.29, 1.82) is 0 Å². The molecule has 5 nitrogen and oxygen atoms in total. The predicted octanol–water partition coefficient (Wildman–Crippen LogP) is 7.19. The first-order chi connectivity index (χ1) is 18.5. The number of amides is 1. The van der Waals surface area contributed by atoms with Crippen molar-refractivity contribution >= 4 is 16.8 Å². The Labute approximate surface area is 222 Å². The van der Waals surface area contributed by atoms with Gasteiger partial charge in [0.25, 0.3) is 5.91 Å². The van der Waals surface area contributed by atoms with Crippen molar-refractivity contribution in [1.82, 2.24) is 9.88 Å². The van der Waals surface area contributed by atoms with Crippen molar-refractivity contribution in [2.45, 2.75) is 33.4 Å². The third-order valence-electron chi connectivity index (χ3n) is 7.54. The molecule has 0 fully saturated rings. The van der Waals surface area contributed by atoms with E-state index in [0.717, 1.165) is 23.0 Å². The lowest BCUT2D eigenvalue weighted by Gasteiger charge is -2.16. The lowest BCUT2D eigenvalue weighted by Crippen LogP contribution is -2.26. The Balaban J connectivity index is 1.23. The van der Waals surface area contributed by atoms with Gasteiger partial charge in [-0.2, -0.15) is 0 Å². The zero-order chi connectivity index (χ0) is 26.2. The number of hydrogen-bond donors (Lipinski definition) is 1. The predicted molar refractivity (Wildman–Crippen MR) is 151 cm³/mol. The highest BCUT2D eigenvalue weighted by Gasteiger charge is 2.22. The van der Waals surface area contributed by atoms with E-state index < -0.39 is 0 Å². The SMILES string of the molecule is Cc1c(C)n(Cc2ccc(-c3ccccc3)cc2)c2ccc(C(=O)N[C@@H](C)c3cccc4c3OCO4)cc12. The van der Waals surface area contributed by atoms with Crippen molar-refractivity contribution in [3.05, 3.63) is 119 Å². The minimum Gasteiger partial charge on any atom is -0.454 e. The van der Waals surface area contributed by atoms with E-state index in [4.69, 9.17) is 9.47 Å². The molecular weight excluding hydrogens is 472 g/mol. The molecule has 190 valence electrons. The number of para-hydroxylation sites is 1. The summed E-state index contributed by atoms with van der Waals surface area (Å²) in [4.78, 5) is 13.2. The number of nitrogens with one attached hydrogen (secondary N) is 1. The Morgan fingerprint density at radius 1 is 0.895 bits per heavy atom. The molecule has 6 rings (SSSR count). The molecule has 38 heavy (non-hydrogen) atoms. The summed E-state index contributed by atoms with van der Waals surface area (Å²) in [5.41, 5.74) is 8.74. The van der Waals surface area contributed by atoms with Crippen LogP contribution in [0.4, 0.5) is 0 Å². The van der Waals surface area contributed by atoms with Crippen LogP contribution in [0, 0.1) is 13.8 Å². The summed E-state index contributed by atoms with van der Waals surface area (Å²) < 4.78 is 13.4. The van der Waals surface area contributed by atoms with Gasteiger partial charge in [0, 0.05) is 34.3 Å². The van der Waals surface area contributed by atoms with E-state index in [9.17, 15) is 4.79 Å². The maximum Gasteiger partial charge on any atom is 0.251 e. The molecular formula is C33H30N2O3. The molecule has 0 radical (unpaired) electrons. The molecule has 5 heteroatoms. The van der Waals surface area contributed by atoms with Gasteiger partial charge >= 0.3 is 0 Å². The number of fused-ring (bicyclic) bond motifs is 2. The van der Waals surface area contributed by atoms with E-state index in [1.807, 2.05) is 43.3 Å². The molecule has 1 aliphatic rings. The summed E-state index contributed by atoms with van der Waals surface area (Å²) in [6.45, 7) is 7.21. The first-order valence-corrected chi connectivity index (χ1v) is 12.9. The van der Waals surface area contributed by atoms with Crippen LogP contribution in [0.5, 0.6) is 11.5 Å². The molecule has 0 unspecified atom stereocenters. The molecule has 1 aliphatic heterocycles. The number of carbonyl (C=O) groups excluding carboxylic acids is 1. The largest absolute Gasteiger partial charge is 0.454 e. The fourth-order valence-electron chi connectivity index (χ4n) is 5.26. The number of aromatic nitrogens is 1. The second kappa shape index (κ2) is 9.75.